The molecule has 88 valence electrons. The maximum absolute atomic E-state index is 13.5. The van der Waals surface area contributed by atoms with Crippen molar-refractivity contribution >= 4 is 0 Å². The highest BCUT2D eigenvalue weighted by Crippen LogP contribution is 2.46. The highest BCUT2D eigenvalue weighted by molar-refractivity contribution is 5.20. The molecule has 0 saturated heterocycles. The summed E-state index contributed by atoms with van der Waals surface area (Å²) < 4.78 is 26.3. The molecule has 1 saturated carbocycles. The van der Waals surface area contributed by atoms with Gasteiger partial charge in [0.05, 0.1) is 0 Å². The zero-order valence-corrected chi connectivity index (χ0v) is 9.47. The predicted molar refractivity (Wildman–Crippen MR) is 59.9 cm³/mol. The van der Waals surface area contributed by atoms with Gasteiger partial charge in [-0.1, -0.05) is 13.0 Å². The van der Waals surface area contributed by atoms with E-state index < -0.39 is 11.6 Å². The van der Waals surface area contributed by atoms with Crippen LogP contribution in [0.1, 0.15) is 25.3 Å². The van der Waals surface area contributed by atoms with Crippen molar-refractivity contribution in [3.05, 3.63) is 35.4 Å². The van der Waals surface area contributed by atoms with Crippen LogP contribution < -0.4 is 5.73 Å². The molecule has 0 amide bonds. The highest BCUT2D eigenvalue weighted by Gasteiger charge is 2.40. The lowest BCUT2D eigenvalue weighted by Crippen LogP contribution is -2.32. The van der Waals surface area contributed by atoms with E-state index in [0.29, 0.717) is 24.4 Å². The predicted octanol–water partition coefficient (Wildman–Crippen LogP) is 2.88. The van der Waals surface area contributed by atoms with Crippen molar-refractivity contribution in [2.24, 2.45) is 17.1 Å². The molecule has 0 aliphatic heterocycles. The van der Waals surface area contributed by atoms with E-state index in [2.05, 4.69) is 6.92 Å². The zero-order valence-electron chi connectivity index (χ0n) is 9.47. The zero-order chi connectivity index (χ0) is 11.8. The van der Waals surface area contributed by atoms with Gasteiger partial charge in [0.1, 0.15) is 11.6 Å². The van der Waals surface area contributed by atoms with E-state index in [-0.39, 0.29) is 5.41 Å². The minimum Gasteiger partial charge on any atom is -0.330 e. The molecule has 1 aromatic carbocycles. The quantitative estimate of drug-likeness (QED) is 0.837. The molecule has 0 aromatic heterocycles. The Morgan fingerprint density at radius 1 is 1.38 bits per heavy atom. The van der Waals surface area contributed by atoms with Crippen molar-refractivity contribution < 1.29 is 8.78 Å². The summed E-state index contributed by atoms with van der Waals surface area (Å²) in [6, 6.07) is 3.78. The van der Waals surface area contributed by atoms with Gasteiger partial charge < -0.3 is 5.73 Å². The summed E-state index contributed by atoms with van der Waals surface area (Å²) in [6.07, 6.45) is 2.95. The minimum absolute atomic E-state index is 0.0430. The third-order valence-electron chi connectivity index (χ3n) is 3.64. The number of hydrogen-bond acceptors (Lipinski definition) is 1. The van der Waals surface area contributed by atoms with Crippen LogP contribution in [0.15, 0.2) is 18.2 Å². The van der Waals surface area contributed by atoms with Gasteiger partial charge in [-0.15, -0.1) is 0 Å². The monoisotopic (exact) mass is 225 g/mol. The van der Waals surface area contributed by atoms with Crippen molar-refractivity contribution in [1.29, 1.82) is 0 Å². The first kappa shape index (κ1) is 11.5. The fourth-order valence-corrected chi connectivity index (χ4v) is 2.26. The number of benzene rings is 1. The summed E-state index contributed by atoms with van der Waals surface area (Å²) in [7, 11) is 0. The van der Waals surface area contributed by atoms with Crippen LogP contribution in [0.5, 0.6) is 0 Å². The van der Waals surface area contributed by atoms with E-state index in [1.807, 2.05) is 0 Å². The standard InChI is InChI=1S/C13H17F2N/c1-13(8-16,10-3-4-10)7-9-2-5-11(14)6-12(9)15/h2,5-6,10H,3-4,7-8,16H2,1H3/t13-/m1/s1. The van der Waals surface area contributed by atoms with Crippen LogP contribution in [0.3, 0.4) is 0 Å². The lowest BCUT2D eigenvalue weighted by Gasteiger charge is -2.28. The average molecular weight is 225 g/mol. The SMILES string of the molecule is C[C@](CN)(Cc1ccc(F)cc1F)C1CC1. The Morgan fingerprint density at radius 3 is 2.56 bits per heavy atom. The second-order valence-electron chi connectivity index (χ2n) is 5.04. The van der Waals surface area contributed by atoms with E-state index in [4.69, 9.17) is 5.73 Å². The van der Waals surface area contributed by atoms with Gasteiger partial charge in [-0.05, 0) is 48.8 Å². The molecule has 1 aliphatic carbocycles. The summed E-state index contributed by atoms with van der Waals surface area (Å²) in [5.74, 6) is -0.385. The molecular weight excluding hydrogens is 208 g/mol. The van der Waals surface area contributed by atoms with E-state index in [1.165, 1.54) is 25.0 Å². The molecule has 1 atom stereocenters. The summed E-state index contributed by atoms with van der Waals surface area (Å²) >= 11 is 0. The van der Waals surface area contributed by atoms with Gasteiger partial charge in [0.15, 0.2) is 0 Å². The Bertz CT molecular complexity index is 388. The molecule has 3 heteroatoms. The molecule has 2 rings (SSSR count). The first-order chi connectivity index (χ1) is 7.55. The molecule has 0 bridgehead atoms. The van der Waals surface area contributed by atoms with Gasteiger partial charge in [-0.3, -0.25) is 0 Å². The molecule has 0 heterocycles. The second-order valence-corrected chi connectivity index (χ2v) is 5.04. The van der Waals surface area contributed by atoms with E-state index >= 15 is 0 Å². The lowest BCUT2D eigenvalue weighted by molar-refractivity contribution is 0.278. The summed E-state index contributed by atoms with van der Waals surface area (Å²) in [5.41, 5.74) is 6.31. The van der Waals surface area contributed by atoms with Crippen LogP contribution in [0.2, 0.25) is 0 Å². The van der Waals surface area contributed by atoms with Crippen molar-refractivity contribution in [2.45, 2.75) is 26.2 Å². The summed E-state index contributed by atoms with van der Waals surface area (Å²) in [5, 5.41) is 0. The maximum Gasteiger partial charge on any atom is 0.129 e. The topological polar surface area (TPSA) is 26.0 Å². The number of rotatable bonds is 4. The molecule has 0 unspecified atom stereocenters. The van der Waals surface area contributed by atoms with Gasteiger partial charge in [-0.2, -0.15) is 0 Å². The lowest BCUT2D eigenvalue weighted by atomic mass is 9.79. The Morgan fingerprint density at radius 2 is 2.06 bits per heavy atom. The van der Waals surface area contributed by atoms with E-state index in [1.54, 1.807) is 0 Å². The number of hydrogen-bond donors (Lipinski definition) is 1. The van der Waals surface area contributed by atoms with Gasteiger partial charge in [0, 0.05) is 6.07 Å². The smallest absolute Gasteiger partial charge is 0.129 e. The Balaban J connectivity index is 2.18. The van der Waals surface area contributed by atoms with Crippen molar-refractivity contribution in [1.82, 2.24) is 0 Å². The van der Waals surface area contributed by atoms with Crippen LogP contribution in [-0.4, -0.2) is 6.54 Å². The van der Waals surface area contributed by atoms with Gasteiger partial charge >= 0.3 is 0 Å². The minimum atomic E-state index is -0.526. The maximum atomic E-state index is 13.5. The van der Waals surface area contributed by atoms with Crippen LogP contribution >= 0.6 is 0 Å². The van der Waals surface area contributed by atoms with Gasteiger partial charge in [0.2, 0.25) is 0 Å². The van der Waals surface area contributed by atoms with Crippen molar-refractivity contribution in [2.75, 3.05) is 6.54 Å². The third-order valence-corrected chi connectivity index (χ3v) is 3.64. The molecule has 1 aliphatic rings. The molecule has 2 N–H and O–H groups in total. The first-order valence-electron chi connectivity index (χ1n) is 5.69. The fraction of sp³-hybridized carbons (Fsp3) is 0.538. The number of nitrogens with two attached hydrogens (primary N) is 1. The molecule has 1 aromatic rings. The molecule has 0 spiro atoms. The third kappa shape index (κ3) is 2.24. The second kappa shape index (κ2) is 4.13. The van der Waals surface area contributed by atoms with E-state index in [0.717, 1.165) is 6.07 Å². The highest BCUT2D eigenvalue weighted by atomic mass is 19.1. The van der Waals surface area contributed by atoms with Crippen LogP contribution in [-0.2, 0) is 6.42 Å². The van der Waals surface area contributed by atoms with Crippen LogP contribution in [0, 0.1) is 23.0 Å². The van der Waals surface area contributed by atoms with Crippen LogP contribution in [0.4, 0.5) is 8.78 Å². The molecule has 16 heavy (non-hydrogen) atoms. The number of halogens is 2. The molecule has 1 nitrogen and oxygen atoms in total. The van der Waals surface area contributed by atoms with E-state index in [9.17, 15) is 8.78 Å². The molecule has 0 radical (unpaired) electrons. The van der Waals surface area contributed by atoms with Crippen LogP contribution in [0.25, 0.3) is 0 Å². The molecule has 1 fully saturated rings. The largest absolute Gasteiger partial charge is 0.330 e. The Kier molecular flexibility index (Phi) is 2.98. The summed E-state index contributed by atoms with van der Waals surface area (Å²) in [4.78, 5) is 0. The molecular formula is C13H17F2N. The first-order valence-corrected chi connectivity index (χ1v) is 5.69. The van der Waals surface area contributed by atoms with Gasteiger partial charge in [0.25, 0.3) is 0 Å². The Labute approximate surface area is 94.7 Å². The fourth-order valence-electron chi connectivity index (χ4n) is 2.26. The normalized spacial score (nSPS) is 19.5. The van der Waals surface area contributed by atoms with Gasteiger partial charge in [-0.25, -0.2) is 8.78 Å². The Hall–Kier alpha value is -0.960. The summed E-state index contributed by atoms with van der Waals surface area (Å²) in [6.45, 7) is 2.64. The van der Waals surface area contributed by atoms with Crippen molar-refractivity contribution in [3.63, 3.8) is 0 Å². The average Bonchev–Trinajstić information content (AvgIpc) is 3.06. The van der Waals surface area contributed by atoms with Crippen molar-refractivity contribution in [3.8, 4) is 0 Å².